The molecule has 2 aliphatic heterocycles. The third-order valence-corrected chi connectivity index (χ3v) is 7.07. The van der Waals surface area contributed by atoms with Crippen LogP contribution in [0, 0.1) is 11.3 Å². The molecule has 35 heavy (non-hydrogen) atoms. The van der Waals surface area contributed by atoms with E-state index in [9.17, 15) is 10.1 Å². The number of para-hydroxylation sites is 1. The number of furan rings is 1. The average molecular weight is 522 g/mol. The fraction of sp³-hybridized carbons (Fsp3) is 0.0800. The van der Waals surface area contributed by atoms with Gasteiger partial charge in [-0.2, -0.15) is 5.26 Å². The van der Waals surface area contributed by atoms with Gasteiger partial charge in [-0.25, -0.2) is 4.99 Å². The lowest BCUT2D eigenvalue weighted by Gasteiger charge is -2.33. The van der Waals surface area contributed by atoms with Crippen LogP contribution in [0.5, 0.6) is 0 Å². The number of thioether (sulfide) groups is 1. The summed E-state index contributed by atoms with van der Waals surface area (Å²) in [6, 6.07) is 19.1. The molecule has 0 saturated carbocycles. The highest BCUT2D eigenvalue weighted by molar-refractivity contribution is 8.17. The zero-order valence-corrected chi connectivity index (χ0v) is 20.6. The van der Waals surface area contributed by atoms with Crippen LogP contribution in [0.15, 0.2) is 92.1 Å². The Labute approximate surface area is 215 Å². The number of benzene rings is 2. The number of amides is 1. The van der Waals surface area contributed by atoms with Gasteiger partial charge in [0, 0.05) is 16.3 Å². The maximum Gasteiger partial charge on any atom is 0.256 e. The number of hydrogen-bond donors (Lipinski definition) is 2. The van der Waals surface area contributed by atoms with Crippen molar-refractivity contribution in [2.45, 2.75) is 13.0 Å². The van der Waals surface area contributed by atoms with E-state index in [4.69, 9.17) is 33.4 Å². The SMILES string of the molecule is CC1=C(C(=O)Nc2ccccc2)[C@@H](c2ccc(-c3ccc(Cl)cc3Cl)o2)N2C(=N1)SC(C#N)=C2N. The van der Waals surface area contributed by atoms with Gasteiger partial charge < -0.3 is 15.5 Å². The molecule has 5 rings (SSSR count). The molecule has 3 N–H and O–H groups in total. The molecule has 1 amide bonds. The van der Waals surface area contributed by atoms with Crippen molar-refractivity contribution >= 4 is 51.7 Å². The second-order valence-electron chi connectivity index (χ2n) is 7.74. The lowest BCUT2D eigenvalue weighted by molar-refractivity contribution is -0.113. The third kappa shape index (κ3) is 4.19. The van der Waals surface area contributed by atoms with Gasteiger partial charge in [-0.3, -0.25) is 9.69 Å². The van der Waals surface area contributed by atoms with Crippen molar-refractivity contribution in [2.75, 3.05) is 5.32 Å². The molecule has 0 bridgehead atoms. The van der Waals surface area contributed by atoms with Crippen LogP contribution in [0.2, 0.25) is 10.0 Å². The number of allylic oxidation sites excluding steroid dienone is 2. The van der Waals surface area contributed by atoms with Gasteiger partial charge in [0.1, 0.15) is 34.4 Å². The molecule has 3 heterocycles. The summed E-state index contributed by atoms with van der Waals surface area (Å²) < 4.78 is 6.23. The van der Waals surface area contributed by atoms with Crippen LogP contribution >= 0.6 is 35.0 Å². The highest BCUT2D eigenvalue weighted by atomic mass is 35.5. The number of nitrogens with two attached hydrogens (primary N) is 1. The van der Waals surface area contributed by atoms with Crippen LogP contribution in [-0.4, -0.2) is 16.0 Å². The maximum atomic E-state index is 13.5. The van der Waals surface area contributed by atoms with Crippen LogP contribution in [-0.2, 0) is 4.79 Å². The number of aliphatic imine (C=N–C) groups is 1. The first-order valence-corrected chi connectivity index (χ1v) is 12.0. The van der Waals surface area contributed by atoms with Gasteiger partial charge >= 0.3 is 0 Å². The van der Waals surface area contributed by atoms with Gasteiger partial charge in [0.05, 0.1) is 16.3 Å². The fourth-order valence-corrected chi connectivity index (χ4v) is 5.37. The van der Waals surface area contributed by atoms with Crippen LogP contribution in [0.1, 0.15) is 18.7 Å². The smallest absolute Gasteiger partial charge is 0.256 e. The third-order valence-electron chi connectivity index (χ3n) is 5.55. The number of nitriles is 1. The highest BCUT2D eigenvalue weighted by Crippen LogP contribution is 2.46. The van der Waals surface area contributed by atoms with Crippen LogP contribution in [0.3, 0.4) is 0 Å². The number of anilines is 1. The zero-order chi connectivity index (χ0) is 24.7. The minimum Gasteiger partial charge on any atom is -0.458 e. The Morgan fingerprint density at radius 1 is 1.20 bits per heavy atom. The Morgan fingerprint density at radius 2 is 1.97 bits per heavy atom. The van der Waals surface area contributed by atoms with Crippen molar-refractivity contribution in [1.82, 2.24) is 4.90 Å². The largest absolute Gasteiger partial charge is 0.458 e. The lowest BCUT2D eigenvalue weighted by Crippen LogP contribution is -2.39. The number of rotatable bonds is 4. The highest BCUT2D eigenvalue weighted by Gasteiger charge is 2.43. The molecule has 0 aliphatic carbocycles. The Kier molecular flexibility index (Phi) is 6.07. The van der Waals surface area contributed by atoms with Crippen LogP contribution in [0.25, 0.3) is 11.3 Å². The molecular weight excluding hydrogens is 505 g/mol. The minimum atomic E-state index is -0.746. The summed E-state index contributed by atoms with van der Waals surface area (Å²) in [4.78, 5) is 20.0. The number of halogens is 2. The minimum absolute atomic E-state index is 0.209. The number of hydrogen-bond acceptors (Lipinski definition) is 7. The van der Waals surface area contributed by atoms with Gasteiger partial charge in [-0.05, 0) is 61.2 Å². The molecule has 174 valence electrons. The van der Waals surface area contributed by atoms with Crippen molar-refractivity contribution in [3.63, 3.8) is 0 Å². The first-order valence-electron chi connectivity index (χ1n) is 10.5. The lowest BCUT2D eigenvalue weighted by atomic mass is 9.98. The predicted octanol–water partition coefficient (Wildman–Crippen LogP) is 6.28. The van der Waals surface area contributed by atoms with Crippen molar-refractivity contribution in [2.24, 2.45) is 10.7 Å². The summed E-state index contributed by atoms with van der Waals surface area (Å²) in [5, 5.41) is 13.9. The van der Waals surface area contributed by atoms with E-state index in [1.54, 1.807) is 54.3 Å². The summed E-state index contributed by atoms with van der Waals surface area (Å²) in [5.41, 5.74) is 8.48. The number of nitrogens with one attached hydrogen (secondary N) is 1. The van der Waals surface area contributed by atoms with Gasteiger partial charge in [0.2, 0.25) is 0 Å². The number of fused-ring (bicyclic) bond motifs is 1. The Morgan fingerprint density at radius 3 is 2.69 bits per heavy atom. The van der Waals surface area contributed by atoms with E-state index in [1.807, 2.05) is 18.2 Å². The standard InChI is InChI=1S/C25H17Cl2N5O2S/c1-13-21(24(33)31-15-5-3-2-4-6-15)22(32-23(29)20(12-28)35-25(32)30-13)19-10-9-18(34-19)16-8-7-14(26)11-17(16)27/h2-11,22H,29H2,1H3,(H,31,33)/t22-/m1/s1. The molecule has 1 aromatic heterocycles. The van der Waals surface area contributed by atoms with Gasteiger partial charge in [-0.15, -0.1) is 0 Å². The van der Waals surface area contributed by atoms with Gasteiger partial charge in [0.15, 0.2) is 5.17 Å². The maximum absolute atomic E-state index is 13.5. The molecule has 7 nitrogen and oxygen atoms in total. The van der Waals surface area contributed by atoms with E-state index in [0.29, 0.717) is 54.2 Å². The Bertz CT molecular complexity index is 1490. The fourth-order valence-electron chi connectivity index (χ4n) is 3.95. The molecule has 1 atom stereocenters. The normalized spacial score (nSPS) is 17.3. The first-order chi connectivity index (χ1) is 16.9. The van der Waals surface area contributed by atoms with E-state index < -0.39 is 6.04 Å². The molecule has 0 fully saturated rings. The quantitative estimate of drug-likeness (QED) is 0.418. The number of carbonyl (C=O) groups excluding carboxylic acids is 1. The summed E-state index contributed by atoms with van der Waals surface area (Å²) >= 11 is 13.6. The second kappa shape index (κ2) is 9.19. The Balaban J connectivity index is 1.61. The molecule has 0 saturated heterocycles. The van der Waals surface area contributed by atoms with Crippen LogP contribution in [0.4, 0.5) is 5.69 Å². The molecular formula is C25H17Cl2N5O2S. The predicted molar refractivity (Wildman–Crippen MR) is 138 cm³/mol. The van der Waals surface area contributed by atoms with Crippen molar-refractivity contribution in [3.05, 3.63) is 98.5 Å². The molecule has 10 heteroatoms. The first kappa shape index (κ1) is 23.1. The average Bonchev–Trinajstić information content (AvgIpc) is 3.43. The van der Waals surface area contributed by atoms with E-state index in [2.05, 4.69) is 16.4 Å². The summed E-state index contributed by atoms with van der Waals surface area (Å²) in [5.74, 6) is 0.799. The van der Waals surface area contributed by atoms with Gasteiger partial charge in [-0.1, -0.05) is 41.4 Å². The van der Waals surface area contributed by atoms with Crippen molar-refractivity contribution < 1.29 is 9.21 Å². The molecule has 0 unspecified atom stereocenters. The Hall–Kier alpha value is -3.64. The van der Waals surface area contributed by atoms with Crippen molar-refractivity contribution in [3.8, 4) is 17.4 Å². The number of nitrogens with zero attached hydrogens (tertiary/aromatic N) is 3. The van der Waals surface area contributed by atoms with E-state index in [-0.39, 0.29) is 11.7 Å². The van der Waals surface area contributed by atoms with E-state index in [1.165, 1.54) is 0 Å². The van der Waals surface area contributed by atoms with Crippen LogP contribution < -0.4 is 11.1 Å². The monoisotopic (exact) mass is 521 g/mol. The second-order valence-corrected chi connectivity index (χ2v) is 9.56. The number of amidine groups is 1. The number of carbonyl (C=O) groups is 1. The van der Waals surface area contributed by atoms with Crippen molar-refractivity contribution in [1.29, 1.82) is 5.26 Å². The molecule has 0 radical (unpaired) electrons. The van der Waals surface area contributed by atoms with Gasteiger partial charge in [0.25, 0.3) is 5.91 Å². The van der Waals surface area contributed by atoms with E-state index >= 15 is 0 Å². The molecule has 0 spiro atoms. The summed E-state index contributed by atoms with van der Waals surface area (Å²) in [6.07, 6.45) is 0. The molecule has 3 aromatic rings. The molecule has 2 aliphatic rings. The van der Waals surface area contributed by atoms with E-state index in [0.717, 1.165) is 11.8 Å². The molecule has 2 aromatic carbocycles. The summed E-state index contributed by atoms with van der Waals surface area (Å²) in [6.45, 7) is 1.75. The summed E-state index contributed by atoms with van der Waals surface area (Å²) in [7, 11) is 0. The topological polar surface area (TPSA) is 108 Å². The zero-order valence-electron chi connectivity index (χ0n) is 18.3.